The van der Waals surface area contributed by atoms with E-state index in [1.807, 2.05) is 12.1 Å². The molecule has 1 aliphatic heterocycles. The van der Waals surface area contributed by atoms with Crippen LogP contribution in [0, 0.1) is 0 Å². The number of nitrogens with zero attached hydrogens (tertiary/aromatic N) is 1. The molecule has 26 heavy (non-hydrogen) atoms. The average Bonchev–Trinajstić information content (AvgIpc) is 2.86. The predicted molar refractivity (Wildman–Crippen MR) is 100 cm³/mol. The van der Waals surface area contributed by atoms with Crippen LogP contribution in [0.5, 0.6) is 11.5 Å². The van der Waals surface area contributed by atoms with Crippen LogP contribution in [-0.2, 0) is 16.9 Å². The second-order valence-electron chi connectivity index (χ2n) is 6.13. The molecule has 1 heterocycles. The first-order valence-corrected chi connectivity index (χ1v) is 8.79. The summed E-state index contributed by atoms with van der Waals surface area (Å²) in [7, 11) is 3.13. The monoisotopic (exact) mass is 418 g/mol. The van der Waals surface area contributed by atoms with Gasteiger partial charge in [-0.1, -0.05) is 28.1 Å². The summed E-state index contributed by atoms with van der Waals surface area (Å²) < 4.78 is 11.3. The zero-order chi connectivity index (χ0) is 18.9. The van der Waals surface area contributed by atoms with Gasteiger partial charge >= 0.3 is 6.03 Å². The van der Waals surface area contributed by atoms with E-state index >= 15 is 0 Å². The molecule has 1 fully saturated rings. The van der Waals surface area contributed by atoms with Crippen molar-refractivity contribution in [3.05, 3.63) is 58.1 Å². The van der Waals surface area contributed by atoms with E-state index in [1.54, 1.807) is 51.5 Å². The minimum Gasteiger partial charge on any atom is -0.497 e. The standard InChI is InChI=1S/C19H19BrN2O4/c1-19(13-4-7-15(25-2)8-5-13)17(23)22(18(24)21-19)11-12-10-14(20)6-9-16(12)26-3/h4-10H,11H2,1-3H3,(H,21,24). The van der Waals surface area contributed by atoms with Gasteiger partial charge in [0.05, 0.1) is 20.8 Å². The van der Waals surface area contributed by atoms with Crippen molar-refractivity contribution in [2.24, 2.45) is 0 Å². The summed E-state index contributed by atoms with van der Waals surface area (Å²) in [5.41, 5.74) is 0.313. The van der Waals surface area contributed by atoms with Crippen molar-refractivity contribution in [1.82, 2.24) is 10.2 Å². The number of urea groups is 1. The van der Waals surface area contributed by atoms with E-state index in [4.69, 9.17) is 9.47 Å². The Morgan fingerprint density at radius 2 is 1.77 bits per heavy atom. The topological polar surface area (TPSA) is 67.9 Å². The lowest BCUT2D eigenvalue weighted by molar-refractivity contribution is -0.131. The number of carbonyl (C=O) groups excluding carboxylic acids is 2. The smallest absolute Gasteiger partial charge is 0.325 e. The molecule has 136 valence electrons. The van der Waals surface area contributed by atoms with Crippen LogP contribution in [0.2, 0.25) is 0 Å². The molecule has 0 spiro atoms. The van der Waals surface area contributed by atoms with E-state index in [0.29, 0.717) is 17.1 Å². The van der Waals surface area contributed by atoms with Crippen LogP contribution in [0.4, 0.5) is 4.79 Å². The van der Waals surface area contributed by atoms with Crippen molar-refractivity contribution in [3.8, 4) is 11.5 Å². The molecule has 0 aliphatic carbocycles. The third kappa shape index (κ3) is 3.14. The normalized spacial score (nSPS) is 19.5. The van der Waals surface area contributed by atoms with E-state index in [0.717, 1.165) is 10.0 Å². The molecule has 2 aromatic carbocycles. The molecule has 1 saturated heterocycles. The molecule has 0 bridgehead atoms. The van der Waals surface area contributed by atoms with Crippen molar-refractivity contribution in [1.29, 1.82) is 0 Å². The average molecular weight is 419 g/mol. The maximum atomic E-state index is 13.0. The molecule has 3 rings (SSSR count). The van der Waals surface area contributed by atoms with Gasteiger partial charge in [-0.25, -0.2) is 4.79 Å². The highest BCUT2D eigenvalue weighted by Gasteiger charge is 2.49. The van der Waals surface area contributed by atoms with Crippen molar-refractivity contribution in [2.45, 2.75) is 19.0 Å². The number of nitrogens with one attached hydrogen (secondary N) is 1. The van der Waals surface area contributed by atoms with E-state index in [9.17, 15) is 9.59 Å². The Hall–Kier alpha value is -2.54. The van der Waals surface area contributed by atoms with Gasteiger partial charge < -0.3 is 14.8 Å². The quantitative estimate of drug-likeness (QED) is 0.755. The number of benzene rings is 2. The van der Waals surface area contributed by atoms with Gasteiger partial charge in [-0.2, -0.15) is 0 Å². The second-order valence-corrected chi connectivity index (χ2v) is 7.05. The van der Waals surface area contributed by atoms with E-state index in [-0.39, 0.29) is 12.5 Å². The van der Waals surface area contributed by atoms with Crippen LogP contribution in [0.25, 0.3) is 0 Å². The van der Waals surface area contributed by atoms with Gasteiger partial charge in [0.15, 0.2) is 0 Å². The highest BCUT2D eigenvalue weighted by molar-refractivity contribution is 9.10. The third-order valence-electron chi connectivity index (χ3n) is 4.51. The fourth-order valence-corrected chi connectivity index (χ4v) is 3.41. The summed E-state index contributed by atoms with van der Waals surface area (Å²) in [4.78, 5) is 26.7. The van der Waals surface area contributed by atoms with Crippen LogP contribution < -0.4 is 14.8 Å². The summed E-state index contributed by atoms with van der Waals surface area (Å²) in [6.45, 7) is 1.83. The summed E-state index contributed by atoms with van der Waals surface area (Å²) >= 11 is 3.41. The number of ether oxygens (including phenoxy) is 2. The minimum atomic E-state index is -1.12. The van der Waals surface area contributed by atoms with Gasteiger partial charge in [-0.3, -0.25) is 9.69 Å². The third-order valence-corrected chi connectivity index (χ3v) is 5.01. The predicted octanol–water partition coefficient (Wildman–Crippen LogP) is 3.43. The first-order chi connectivity index (χ1) is 12.4. The fourth-order valence-electron chi connectivity index (χ4n) is 3.00. The molecule has 0 radical (unpaired) electrons. The van der Waals surface area contributed by atoms with Crippen LogP contribution in [0.1, 0.15) is 18.1 Å². The van der Waals surface area contributed by atoms with E-state index < -0.39 is 11.6 Å². The van der Waals surface area contributed by atoms with Gasteiger partial charge in [0, 0.05) is 10.0 Å². The van der Waals surface area contributed by atoms with Crippen LogP contribution in [-0.4, -0.2) is 31.1 Å². The molecule has 0 saturated carbocycles. The largest absolute Gasteiger partial charge is 0.497 e. The maximum absolute atomic E-state index is 13.0. The zero-order valence-corrected chi connectivity index (χ0v) is 16.3. The Morgan fingerprint density at radius 3 is 2.38 bits per heavy atom. The second kappa shape index (κ2) is 6.99. The number of imide groups is 1. The maximum Gasteiger partial charge on any atom is 0.325 e. The summed E-state index contributed by atoms with van der Waals surface area (Å²) in [5.74, 6) is 0.992. The SMILES string of the molecule is COc1ccc(C2(C)NC(=O)N(Cc3cc(Br)ccc3OC)C2=O)cc1. The van der Waals surface area contributed by atoms with Gasteiger partial charge in [0.25, 0.3) is 5.91 Å². The lowest BCUT2D eigenvalue weighted by atomic mass is 9.92. The van der Waals surface area contributed by atoms with Crippen molar-refractivity contribution < 1.29 is 19.1 Å². The van der Waals surface area contributed by atoms with Gasteiger partial charge in [0.2, 0.25) is 0 Å². The fraction of sp³-hybridized carbons (Fsp3) is 0.263. The number of hydrogen-bond donors (Lipinski definition) is 1. The molecular formula is C19H19BrN2O4. The highest BCUT2D eigenvalue weighted by Crippen LogP contribution is 2.32. The molecule has 3 amide bonds. The minimum absolute atomic E-state index is 0.124. The van der Waals surface area contributed by atoms with Gasteiger partial charge in [-0.15, -0.1) is 0 Å². The number of hydrogen-bond acceptors (Lipinski definition) is 4. The van der Waals surface area contributed by atoms with E-state index in [2.05, 4.69) is 21.2 Å². The molecule has 1 atom stereocenters. The molecule has 1 aliphatic rings. The molecule has 1 N–H and O–H groups in total. The lowest BCUT2D eigenvalue weighted by Crippen LogP contribution is -2.40. The zero-order valence-electron chi connectivity index (χ0n) is 14.7. The number of amides is 3. The number of halogens is 1. The number of methoxy groups -OCH3 is 2. The Labute approximate surface area is 160 Å². The number of carbonyl (C=O) groups is 2. The molecule has 7 heteroatoms. The first kappa shape index (κ1) is 18.3. The summed E-state index contributed by atoms with van der Waals surface area (Å²) in [5, 5.41) is 2.80. The van der Waals surface area contributed by atoms with Crippen LogP contribution in [0.3, 0.4) is 0 Å². The Bertz CT molecular complexity index is 853. The summed E-state index contributed by atoms with van der Waals surface area (Å²) in [6, 6.07) is 12.1. The Morgan fingerprint density at radius 1 is 1.08 bits per heavy atom. The molecule has 2 aromatic rings. The van der Waals surface area contributed by atoms with E-state index in [1.165, 1.54) is 4.90 Å². The first-order valence-electron chi connectivity index (χ1n) is 8.00. The highest BCUT2D eigenvalue weighted by atomic mass is 79.9. The Kier molecular flexibility index (Phi) is 4.91. The van der Waals surface area contributed by atoms with Crippen molar-refractivity contribution in [3.63, 3.8) is 0 Å². The van der Waals surface area contributed by atoms with Crippen LogP contribution in [0.15, 0.2) is 46.9 Å². The summed E-state index contributed by atoms with van der Waals surface area (Å²) in [6.07, 6.45) is 0. The van der Waals surface area contributed by atoms with Gasteiger partial charge in [0.1, 0.15) is 17.0 Å². The van der Waals surface area contributed by atoms with Crippen molar-refractivity contribution in [2.75, 3.05) is 14.2 Å². The van der Waals surface area contributed by atoms with Crippen LogP contribution >= 0.6 is 15.9 Å². The number of rotatable bonds is 5. The molecule has 1 unspecified atom stereocenters. The molecule has 0 aromatic heterocycles. The molecular weight excluding hydrogens is 400 g/mol. The lowest BCUT2D eigenvalue weighted by Gasteiger charge is -2.22. The molecule has 6 nitrogen and oxygen atoms in total. The van der Waals surface area contributed by atoms with Gasteiger partial charge in [-0.05, 0) is 42.8 Å². The Balaban J connectivity index is 1.90. The van der Waals surface area contributed by atoms with Crippen molar-refractivity contribution >= 4 is 27.9 Å².